The first-order valence-corrected chi connectivity index (χ1v) is 6.65. The van der Waals surface area contributed by atoms with E-state index in [9.17, 15) is 9.59 Å². The van der Waals surface area contributed by atoms with E-state index in [-0.39, 0.29) is 11.9 Å². The molecule has 0 radical (unpaired) electrons. The Bertz CT molecular complexity index is 463. The highest BCUT2D eigenvalue weighted by atomic mass is 16.4. The molecular formula is C13H19N3O3. The number of amides is 1. The van der Waals surface area contributed by atoms with Crippen LogP contribution in [-0.2, 0) is 4.79 Å². The number of carboxylic acids is 1. The molecule has 2 rings (SSSR count). The van der Waals surface area contributed by atoms with Crippen molar-refractivity contribution in [3.8, 4) is 0 Å². The Morgan fingerprint density at radius 3 is 2.74 bits per heavy atom. The van der Waals surface area contributed by atoms with E-state index in [2.05, 4.69) is 10.4 Å². The number of carbonyl (C=O) groups is 2. The number of carboxylic acid groups (broad SMARTS) is 1. The largest absolute Gasteiger partial charge is 0.480 e. The molecule has 2 N–H and O–H groups in total. The average molecular weight is 265 g/mol. The van der Waals surface area contributed by atoms with Gasteiger partial charge in [-0.15, -0.1) is 0 Å². The summed E-state index contributed by atoms with van der Waals surface area (Å²) >= 11 is 0. The zero-order chi connectivity index (χ0) is 13.8. The van der Waals surface area contributed by atoms with Crippen molar-refractivity contribution in [1.29, 1.82) is 0 Å². The average Bonchev–Trinajstić information content (AvgIpc) is 2.88. The number of rotatable bonds is 4. The molecule has 1 atom stereocenters. The normalized spacial score (nSPS) is 17.9. The van der Waals surface area contributed by atoms with Crippen LogP contribution in [0.25, 0.3) is 0 Å². The molecule has 104 valence electrons. The lowest BCUT2D eigenvalue weighted by Crippen LogP contribution is -2.36. The maximum Gasteiger partial charge on any atom is 0.328 e. The van der Waals surface area contributed by atoms with Crippen LogP contribution in [0.3, 0.4) is 0 Å². The molecule has 1 saturated carbocycles. The molecular weight excluding hydrogens is 246 g/mol. The topological polar surface area (TPSA) is 84.2 Å². The quantitative estimate of drug-likeness (QED) is 0.865. The summed E-state index contributed by atoms with van der Waals surface area (Å²) < 4.78 is 1.29. The van der Waals surface area contributed by atoms with E-state index in [1.54, 1.807) is 0 Å². The standard InChI is InChI=1S/C13H19N3O3/c1-9(13(18)19)16-8-10(7-14-16)12(17)15-11-5-3-2-4-6-11/h7-9,11H,2-6H2,1H3,(H,15,17)(H,18,19). The highest BCUT2D eigenvalue weighted by molar-refractivity contribution is 5.94. The number of nitrogens with one attached hydrogen (secondary N) is 1. The van der Waals surface area contributed by atoms with Crippen molar-refractivity contribution in [2.45, 2.75) is 51.1 Å². The molecule has 0 aromatic carbocycles. The van der Waals surface area contributed by atoms with Crippen LogP contribution in [0.4, 0.5) is 0 Å². The molecule has 0 bridgehead atoms. The summed E-state index contributed by atoms with van der Waals surface area (Å²) in [7, 11) is 0. The Hall–Kier alpha value is -1.85. The van der Waals surface area contributed by atoms with Gasteiger partial charge in [-0.1, -0.05) is 19.3 Å². The molecule has 1 unspecified atom stereocenters. The number of aromatic nitrogens is 2. The van der Waals surface area contributed by atoms with Crippen molar-refractivity contribution < 1.29 is 14.7 Å². The van der Waals surface area contributed by atoms with Crippen LogP contribution in [0.5, 0.6) is 0 Å². The molecule has 1 amide bonds. The number of hydrogen-bond donors (Lipinski definition) is 2. The number of hydrogen-bond acceptors (Lipinski definition) is 3. The van der Waals surface area contributed by atoms with Crippen molar-refractivity contribution in [3.63, 3.8) is 0 Å². The predicted octanol–water partition coefficient (Wildman–Crippen LogP) is 1.59. The van der Waals surface area contributed by atoms with E-state index < -0.39 is 12.0 Å². The fourth-order valence-corrected chi connectivity index (χ4v) is 2.30. The molecule has 1 heterocycles. The summed E-state index contributed by atoms with van der Waals surface area (Å²) in [5, 5.41) is 15.8. The zero-order valence-corrected chi connectivity index (χ0v) is 11.0. The van der Waals surface area contributed by atoms with Gasteiger partial charge in [-0.2, -0.15) is 5.10 Å². The third-order valence-electron chi connectivity index (χ3n) is 3.56. The summed E-state index contributed by atoms with van der Waals surface area (Å²) in [5.74, 6) is -1.14. The molecule has 0 aliphatic heterocycles. The van der Waals surface area contributed by atoms with Gasteiger partial charge < -0.3 is 10.4 Å². The number of carbonyl (C=O) groups excluding carboxylic acids is 1. The van der Waals surface area contributed by atoms with E-state index in [1.807, 2.05) is 0 Å². The molecule has 0 spiro atoms. The summed E-state index contributed by atoms with van der Waals surface area (Å²) in [4.78, 5) is 22.8. The van der Waals surface area contributed by atoms with Crippen LogP contribution >= 0.6 is 0 Å². The summed E-state index contributed by atoms with van der Waals surface area (Å²) in [6, 6.07) is -0.530. The Labute approximate surface area is 111 Å². The van der Waals surface area contributed by atoms with Gasteiger partial charge >= 0.3 is 5.97 Å². The Morgan fingerprint density at radius 2 is 2.11 bits per heavy atom. The summed E-state index contributed by atoms with van der Waals surface area (Å²) in [5.41, 5.74) is 0.415. The molecule has 0 saturated heterocycles. The maximum atomic E-state index is 12.0. The van der Waals surface area contributed by atoms with Gasteiger partial charge in [0, 0.05) is 12.2 Å². The van der Waals surface area contributed by atoms with Crippen LogP contribution < -0.4 is 5.32 Å². The summed E-state index contributed by atoms with van der Waals surface area (Å²) in [6.07, 6.45) is 8.48. The molecule has 6 nitrogen and oxygen atoms in total. The van der Waals surface area contributed by atoms with Gasteiger partial charge in [0.05, 0.1) is 11.8 Å². The lowest BCUT2D eigenvalue weighted by atomic mass is 9.95. The van der Waals surface area contributed by atoms with Crippen LogP contribution in [0, 0.1) is 0 Å². The highest BCUT2D eigenvalue weighted by Crippen LogP contribution is 2.18. The van der Waals surface area contributed by atoms with Crippen LogP contribution in [0.15, 0.2) is 12.4 Å². The Morgan fingerprint density at radius 1 is 1.42 bits per heavy atom. The van der Waals surface area contributed by atoms with Gasteiger partial charge in [0.2, 0.25) is 0 Å². The number of aliphatic carboxylic acids is 1. The number of nitrogens with zero attached hydrogens (tertiary/aromatic N) is 2. The maximum absolute atomic E-state index is 12.0. The molecule has 1 fully saturated rings. The van der Waals surface area contributed by atoms with E-state index >= 15 is 0 Å². The van der Waals surface area contributed by atoms with Crippen molar-refractivity contribution in [2.75, 3.05) is 0 Å². The second-order valence-corrected chi connectivity index (χ2v) is 5.03. The van der Waals surface area contributed by atoms with E-state index in [0.717, 1.165) is 25.7 Å². The fraction of sp³-hybridized carbons (Fsp3) is 0.615. The Balaban J connectivity index is 1.97. The highest BCUT2D eigenvalue weighted by Gasteiger charge is 2.19. The van der Waals surface area contributed by atoms with Gasteiger partial charge in [0.25, 0.3) is 5.91 Å². The van der Waals surface area contributed by atoms with Gasteiger partial charge in [-0.3, -0.25) is 9.48 Å². The van der Waals surface area contributed by atoms with Crippen molar-refractivity contribution in [3.05, 3.63) is 18.0 Å². The second-order valence-electron chi connectivity index (χ2n) is 5.03. The fourth-order valence-electron chi connectivity index (χ4n) is 2.30. The molecule has 1 aliphatic rings. The molecule has 19 heavy (non-hydrogen) atoms. The first-order valence-electron chi connectivity index (χ1n) is 6.65. The van der Waals surface area contributed by atoms with E-state index in [4.69, 9.17) is 5.11 Å². The van der Waals surface area contributed by atoms with Crippen molar-refractivity contribution in [1.82, 2.24) is 15.1 Å². The Kier molecular flexibility index (Phi) is 4.19. The predicted molar refractivity (Wildman–Crippen MR) is 68.9 cm³/mol. The van der Waals surface area contributed by atoms with Crippen LogP contribution in [0.1, 0.15) is 55.4 Å². The summed E-state index contributed by atoms with van der Waals surface area (Å²) in [6.45, 7) is 1.53. The zero-order valence-electron chi connectivity index (χ0n) is 11.0. The molecule has 1 aliphatic carbocycles. The first kappa shape index (κ1) is 13.6. The van der Waals surface area contributed by atoms with E-state index in [1.165, 1.54) is 30.4 Å². The minimum Gasteiger partial charge on any atom is -0.480 e. The van der Waals surface area contributed by atoms with Gasteiger partial charge in [0.15, 0.2) is 0 Å². The second kappa shape index (κ2) is 5.86. The lowest BCUT2D eigenvalue weighted by Gasteiger charge is -2.22. The van der Waals surface area contributed by atoms with Crippen molar-refractivity contribution >= 4 is 11.9 Å². The SMILES string of the molecule is CC(C(=O)O)n1cc(C(=O)NC2CCCCC2)cn1. The van der Waals surface area contributed by atoms with Gasteiger partial charge in [-0.05, 0) is 19.8 Å². The van der Waals surface area contributed by atoms with Gasteiger partial charge in [0.1, 0.15) is 6.04 Å². The molecule has 1 aromatic rings. The van der Waals surface area contributed by atoms with Gasteiger partial charge in [-0.25, -0.2) is 4.79 Å². The third kappa shape index (κ3) is 3.33. The minimum absolute atomic E-state index is 0.171. The minimum atomic E-state index is -0.970. The molecule has 1 aromatic heterocycles. The lowest BCUT2D eigenvalue weighted by molar-refractivity contribution is -0.140. The van der Waals surface area contributed by atoms with Crippen LogP contribution in [0.2, 0.25) is 0 Å². The van der Waals surface area contributed by atoms with E-state index in [0.29, 0.717) is 5.56 Å². The monoisotopic (exact) mass is 265 g/mol. The molecule has 6 heteroatoms. The third-order valence-corrected chi connectivity index (χ3v) is 3.56. The van der Waals surface area contributed by atoms with Crippen LogP contribution in [-0.4, -0.2) is 32.8 Å². The first-order chi connectivity index (χ1) is 9.08. The smallest absolute Gasteiger partial charge is 0.328 e. The van der Waals surface area contributed by atoms with Crippen molar-refractivity contribution in [2.24, 2.45) is 0 Å².